The molecule has 0 heterocycles. The quantitative estimate of drug-likeness (QED) is 0.713. The Morgan fingerprint density at radius 2 is 1.30 bits per heavy atom. The molecule has 0 radical (unpaired) electrons. The number of benzene rings is 2. The summed E-state index contributed by atoms with van der Waals surface area (Å²) in [5.41, 5.74) is 4.58. The molecular weight excluding hydrogens is 380 g/mol. The van der Waals surface area contributed by atoms with E-state index in [2.05, 4.69) is 22.8 Å². The first kappa shape index (κ1) is 21.7. The van der Waals surface area contributed by atoms with Gasteiger partial charge in [-0.25, -0.2) is 0 Å². The van der Waals surface area contributed by atoms with Crippen LogP contribution in [-0.2, 0) is 22.4 Å². The highest BCUT2D eigenvalue weighted by atomic mass is 16.5. The van der Waals surface area contributed by atoms with E-state index in [4.69, 9.17) is 9.47 Å². The summed E-state index contributed by atoms with van der Waals surface area (Å²) >= 11 is 0. The van der Waals surface area contributed by atoms with Crippen molar-refractivity contribution in [3.8, 4) is 11.5 Å². The average Bonchev–Trinajstić information content (AvgIpc) is 2.77. The van der Waals surface area contributed by atoms with Crippen molar-refractivity contribution < 1.29 is 19.1 Å². The summed E-state index contributed by atoms with van der Waals surface area (Å²) in [7, 11) is 3.12. The summed E-state index contributed by atoms with van der Waals surface area (Å²) in [6.45, 7) is 3.72. The molecule has 2 amide bonds. The van der Waals surface area contributed by atoms with E-state index in [1.807, 2.05) is 26.0 Å². The molecular formula is C24H30N2O4. The van der Waals surface area contributed by atoms with Crippen molar-refractivity contribution >= 4 is 11.8 Å². The van der Waals surface area contributed by atoms with E-state index < -0.39 is 11.8 Å². The van der Waals surface area contributed by atoms with E-state index in [-0.39, 0.29) is 12.1 Å². The molecule has 0 saturated heterocycles. The number of rotatable bonds is 6. The zero-order valence-electron chi connectivity index (χ0n) is 18.1. The second-order valence-electron chi connectivity index (χ2n) is 7.74. The maximum absolute atomic E-state index is 12.4. The maximum atomic E-state index is 12.4. The topological polar surface area (TPSA) is 76.7 Å². The number of amides is 2. The monoisotopic (exact) mass is 410 g/mol. The van der Waals surface area contributed by atoms with Crippen LogP contribution >= 0.6 is 0 Å². The number of hydrogen-bond acceptors (Lipinski definition) is 4. The molecule has 160 valence electrons. The fraction of sp³-hybridized carbons (Fsp3) is 0.417. The van der Waals surface area contributed by atoms with E-state index in [9.17, 15) is 9.59 Å². The molecule has 1 aliphatic rings. The minimum atomic E-state index is -0.665. The lowest BCUT2D eigenvalue weighted by atomic mass is 9.89. The van der Waals surface area contributed by atoms with E-state index in [1.165, 1.54) is 24.0 Å². The van der Waals surface area contributed by atoms with Crippen molar-refractivity contribution in [2.45, 2.75) is 51.6 Å². The SMILES string of the molecule is COc1ccc(C(C)NC(=O)C(=O)NC(C)c2ccc3c(c2)CCCC3)cc1OC. The summed E-state index contributed by atoms with van der Waals surface area (Å²) in [6.07, 6.45) is 4.63. The van der Waals surface area contributed by atoms with Crippen molar-refractivity contribution in [2.75, 3.05) is 14.2 Å². The molecule has 3 rings (SSSR count). The molecule has 1 aliphatic carbocycles. The van der Waals surface area contributed by atoms with Crippen LogP contribution in [0.15, 0.2) is 36.4 Å². The van der Waals surface area contributed by atoms with Crippen molar-refractivity contribution in [1.82, 2.24) is 10.6 Å². The Bertz CT molecular complexity index is 868. The molecule has 6 heteroatoms. The molecule has 2 N–H and O–H groups in total. The predicted molar refractivity (Wildman–Crippen MR) is 116 cm³/mol. The molecule has 6 nitrogen and oxygen atoms in total. The normalized spacial score (nSPS) is 14.8. The van der Waals surface area contributed by atoms with Gasteiger partial charge in [0.2, 0.25) is 0 Å². The summed E-state index contributed by atoms with van der Waals surface area (Å²) in [4.78, 5) is 24.9. The Kier molecular flexibility index (Phi) is 6.98. The predicted octanol–water partition coefficient (Wildman–Crippen LogP) is 3.64. The van der Waals surface area contributed by atoms with Crippen molar-refractivity contribution in [2.24, 2.45) is 0 Å². The van der Waals surface area contributed by atoms with E-state index in [1.54, 1.807) is 26.4 Å². The fourth-order valence-electron chi connectivity index (χ4n) is 3.84. The standard InChI is InChI=1S/C24H30N2O4/c1-15(18-10-9-17-7-5-6-8-20(17)13-18)25-23(27)24(28)26-16(2)19-11-12-21(29-3)22(14-19)30-4/h9-16H,5-8H2,1-4H3,(H,25,27)(H,26,28). The molecule has 2 unspecified atom stereocenters. The second-order valence-corrected chi connectivity index (χ2v) is 7.74. The highest BCUT2D eigenvalue weighted by Gasteiger charge is 2.21. The lowest BCUT2D eigenvalue weighted by Crippen LogP contribution is -2.41. The Balaban J connectivity index is 1.61. The Morgan fingerprint density at radius 1 is 0.767 bits per heavy atom. The van der Waals surface area contributed by atoms with Crippen LogP contribution in [0.2, 0.25) is 0 Å². The van der Waals surface area contributed by atoms with Gasteiger partial charge in [-0.2, -0.15) is 0 Å². The Morgan fingerprint density at radius 3 is 1.90 bits per heavy atom. The molecule has 2 atom stereocenters. The maximum Gasteiger partial charge on any atom is 0.309 e. The number of fused-ring (bicyclic) bond motifs is 1. The van der Waals surface area contributed by atoms with Gasteiger partial charge in [-0.3, -0.25) is 9.59 Å². The van der Waals surface area contributed by atoms with Gasteiger partial charge in [0.05, 0.1) is 26.3 Å². The van der Waals surface area contributed by atoms with Crippen molar-refractivity contribution in [3.05, 3.63) is 58.7 Å². The Labute approximate surface area is 178 Å². The first-order valence-electron chi connectivity index (χ1n) is 10.4. The molecule has 30 heavy (non-hydrogen) atoms. The van der Waals surface area contributed by atoms with Gasteiger partial charge in [0.15, 0.2) is 11.5 Å². The number of methoxy groups -OCH3 is 2. The number of hydrogen-bond donors (Lipinski definition) is 2. The lowest BCUT2D eigenvalue weighted by Gasteiger charge is -2.20. The third kappa shape index (κ3) is 4.93. The summed E-state index contributed by atoms with van der Waals surface area (Å²) in [5.74, 6) is -0.132. The molecule has 2 aromatic rings. The average molecular weight is 411 g/mol. The first-order valence-corrected chi connectivity index (χ1v) is 10.4. The van der Waals surface area contributed by atoms with Gasteiger partial charge < -0.3 is 20.1 Å². The van der Waals surface area contributed by atoms with Crippen LogP contribution in [0, 0.1) is 0 Å². The minimum Gasteiger partial charge on any atom is -0.493 e. The van der Waals surface area contributed by atoms with Gasteiger partial charge in [0, 0.05) is 0 Å². The third-order valence-electron chi connectivity index (χ3n) is 5.68. The van der Waals surface area contributed by atoms with Crippen LogP contribution in [0.5, 0.6) is 11.5 Å². The van der Waals surface area contributed by atoms with Crippen LogP contribution in [0.1, 0.15) is 61.0 Å². The van der Waals surface area contributed by atoms with Crippen LogP contribution in [0.3, 0.4) is 0 Å². The minimum absolute atomic E-state index is 0.244. The molecule has 0 fully saturated rings. The smallest absolute Gasteiger partial charge is 0.309 e. The van der Waals surface area contributed by atoms with Crippen molar-refractivity contribution in [3.63, 3.8) is 0 Å². The largest absolute Gasteiger partial charge is 0.493 e. The number of nitrogens with one attached hydrogen (secondary N) is 2. The van der Waals surface area contributed by atoms with Crippen LogP contribution < -0.4 is 20.1 Å². The van der Waals surface area contributed by atoms with Gasteiger partial charge in [0.1, 0.15) is 0 Å². The summed E-state index contributed by atoms with van der Waals surface area (Å²) in [6, 6.07) is 11.1. The number of ether oxygens (including phenoxy) is 2. The molecule has 0 bridgehead atoms. The zero-order valence-corrected chi connectivity index (χ0v) is 18.1. The van der Waals surface area contributed by atoms with Gasteiger partial charge in [-0.15, -0.1) is 0 Å². The second kappa shape index (κ2) is 9.65. The highest BCUT2D eigenvalue weighted by molar-refractivity contribution is 6.35. The van der Waals surface area contributed by atoms with E-state index in [0.29, 0.717) is 11.5 Å². The van der Waals surface area contributed by atoms with Gasteiger partial charge >= 0.3 is 11.8 Å². The summed E-state index contributed by atoms with van der Waals surface area (Å²) in [5, 5.41) is 5.55. The molecule has 2 aromatic carbocycles. The van der Waals surface area contributed by atoms with Crippen LogP contribution in [0.25, 0.3) is 0 Å². The number of carbonyl (C=O) groups is 2. The van der Waals surface area contributed by atoms with E-state index in [0.717, 1.165) is 24.0 Å². The molecule has 0 aliphatic heterocycles. The lowest BCUT2D eigenvalue weighted by molar-refractivity contribution is -0.140. The number of carbonyl (C=O) groups excluding carboxylic acids is 2. The fourth-order valence-corrected chi connectivity index (χ4v) is 3.84. The van der Waals surface area contributed by atoms with Gasteiger partial charge in [-0.1, -0.05) is 24.3 Å². The van der Waals surface area contributed by atoms with Crippen LogP contribution in [0.4, 0.5) is 0 Å². The van der Waals surface area contributed by atoms with Crippen LogP contribution in [-0.4, -0.2) is 26.0 Å². The Hall–Kier alpha value is -3.02. The van der Waals surface area contributed by atoms with Crippen molar-refractivity contribution in [1.29, 1.82) is 0 Å². The van der Waals surface area contributed by atoms with E-state index >= 15 is 0 Å². The zero-order chi connectivity index (χ0) is 21.7. The number of aryl methyl sites for hydroxylation is 2. The summed E-state index contributed by atoms with van der Waals surface area (Å²) < 4.78 is 10.5. The first-order chi connectivity index (χ1) is 14.4. The molecule has 0 spiro atoms. The molecule has 0 aromatic heterocycles. The highest BCUT2D eigenvalue weighted by Crippen LogP contribution is 2.30. The third-order valence-corrected chi connectivity index (χ3v) is 5.68. The van der Waals surface area contributed by atoms with Gasteiger partial charge in [-0.05, 0) is 73.9 Å². The molecule has 0 saturated carbocycles. The van der Waals surface area contributed by atoms with Gasteiger partial charge in [0.25, 0.3) is 0 Å².